The summed E-state index contributed by atoms with van der Waals surface area (Å²) in [4.78, 5) is 36.1. The molecule has 5 rings (SSSR count). The first kappa shape index (κ1) is 18.9. The van der Waals surface area contributed by atoms with E-state index in [4.69, 9.17) is 4.74 Å². The molecule has 4 aliphatic carbocycles. The Labute approximate surface area is 163 Å². The molecule has 1 aromatic carbocycles. The number of carbonyl (C=O) groups excluding carboxylic acids is 3. The lowest BCUT2D eigenvalue weighted by Crippen LogP contribution is -2.62. The van der Waals surface area contributed by atoms with Crippen molar-refractivity contribution in [3.05, 3.63) is 29.6 Å². The molecule has 1 aromatic rings. The average Bonchev–Trinajstić information content (AvgIpc) is 2.58. The maximum atomic E-state index is 13.3. The molecule has 7 heteroatoms. The summed E-state index contributed by atoms with van der Waals surface area (Å²) in [5.74, 6) is 0.648. The van der Waals surface area contributed by atoms with E-state index >= 15 is 0 Å². The molecule has 3 amide bonds. The van der Waals surface area contributed by atoms with Crippen LogP contribution in [0.4, 0.5) is 9.18 Å². The number of hydrogen-bond acceptors (Lipinski definition) is 4. The van der Waals surface area contributed by atoms with Gasteiger partial charge < -0.3 is 10.1 Å². The number of nitrogens with one attached hydrogen (secondary N) is 2. The zero-order valence-electron chi connectivity index (χ0n) is 15.9. The second kappa shape index (κ2) is 7.18. The summed E-state index contributed by atoms with van der Waals surface area (Å²) in [6.07, 6.45) is 6.79. The van der Waals surface area contributed by atoms with Crippen LogP contribution in [-0.2, 0) is 4.79 Å². The summed E-state index contributed by atoms with van der Waals surface area (Å²) < 4.78 is 18.6. The molecule has 0 heterocycles. The molecule has 4 bridgehead atoms. The van der Waals surface area contributed by atoms with E-state index in [1.54, 1.807) is 0 Å². The molecule has 150 valence electrons. The first-order chi connectivity index (χ1) is 13.3. The van der Waals surface area contributed by atoms with Crippen molar-refractivity contribution >= 4 is 17.7 Å². The summed E-state index contributed by atoms with van der Waals surface area (Å²) >= 11 is 0. The van der Waals surface area contributed by atoms with Gasteiger partial charge in [-0.15, -0.1) is 0 Å². The van der Waals surface area contributed by atoms with Gasteiger partial charge in [-0.25, -0.2) is 9.18 Å². The van der Waals surface area contributed by atoms with Crippen molar-refractivity contribution in [2.45, 2.75) is 51.0 Å². The molecule has 4 fully saturated rings. The molecule has 6 nitrogen and oxygen atoms in total. The first-order valence-corrected chi connectivity index (χ1v) is 9.87. The smallest absolute Gasteiger partial charge is 0.321 e. The van der Waals surface area contributed by atoms with Crippen molar-refractivity contribution in [3.8, 4) is 5.75 Å². The summed E-state index contributed by atoms with van der Waals surface area (Å²) in [6.45, 7) is 0.862. The highest BCUT2D eigenvalue weighted by Gasteiger charge is 2.51. The number of rotatable bonds is 5. The molecule has 2 N–H and O–H groups in total. The van der Waals surface area contributed by atoms with Crippen LogP contribution in [0.25, 0.3) is 0 Å². The molecular formula is C21H25FN2O4. The van der Waals surface area contributed by atoms with Crippen molar-refractivity contribution in [1.29, 1.82) is 0 Å². The zero-order chi connectivity index (χ0) is 19.9. The highest BCUT2D eigenvalue weighted by molar-refractivity contribution is 5.97. The van der Waals surface area contributed by atoms with Gasteiger partial charge in [0.1, 0.15) is 11.6 Å². The van der Waals surface area contributed by atoms with Crippen LogP contribution in [-0.4, -0.2) is 29.9 Å². The number of Topliss-reactive ketones (excluding diaryl/α,β-unsaturated/α-hetero) is 1. The van der Waals surface area contributed by atoms with Gasteiger partial charge in [-0.05, 0) is 81.4 Å². The van der Waals surface area contributed by atoms with Gasteiger partial charge in [-0.2, -0.15) is 0 Å². The number of benzene rings is 1. The Hall–Kier alpha value is -2.44. The van der Waals surface area contributed by atoms with Crippen LogP contribution >= 0.6 is 0 Å². The van der Waals surface area contributed by atoms with Gasteiger partial charge in [0.05, 0.1) is 5.56 Å². The van der Waals surface area contributed by atoms with Crippen LogP contribution in [0.5, 0.6) is 5.75 Å². The molecule has 0 spiro atoms. The number of urea groups is 1. The van der Waals surface area contributed by atoms with Gasteiger partial charge in [0.2, 0.25) is 0 Å². The van der Waals surface area contributed by atoms with Crippen LogP contribution < -0.4 is 15.4 Å². The summed E-state index contributed by atoms with van der Waals surface area (Å²) in [6, 6.07) is 3.02. The second-order valence-electron chi connectivity index (χ2n) is 8.69. The fourth-order valence-electron chi connectivity index (χ4n) is 5.75. The zero-order valence-corrected chi connectivity index (χ0v) is 15.9. The standard InChI is InChI=1S/C21H25FN2O4/c1-12(25)17-7-16(22)2-3-18(17)28-11-19(26)23-20(27)24-21-8-13-4-14(9-21)6-15(5-13)10-21/h2-3,7,13-15H,4-6,8-11H2,1H3,(H2,23,24,26,27). The highest BCUT2D eigenvalue weighted by Crippen LogP contribution is 2.55. The average molecular weight is 388 g/mol. The third-order valence-corrected chi connectivity index (χ3v) is 6.35. The molecule has 0 radical (unpaired) electrons. The second-order valence-corrected chi connectivity index (χ2v) is 8.69. The quantitative estimate of drug-likeness (QED) is 0.759. The number of imide groups is 1. The number of amides is 3. The first-order valence-electron chi connectivity index (χ1n) is 9.87. The van der Waals surface area contributed by atoms with Crippen LogP contribution in [0.15, 0.2) is 18.2 Å². The van der Waals surface area contributed by atoms with Crippen LogP contribution in [0.1, 0.15) is 55.8 Å². The SMILES string of the molecule is CC(=O)c1cc(F)ccc1OCC(=O)NC(=O)NC12CC3CC(CC(C3)C1)C2. The lowest BCUT2D eigenvalue weighted by molar-refractivity contribution is -0.122. The molecule has 0 atom stereocenters. The Morgan fingerprint density at radius 3 is 2.29 bits per heavy atom. The van der Waals surface area contributed by atoms with E-state index in [1.165, 1.54) is 32.3 Å². The van der Waals surface area contributed by atoms with Gasteiger partial charge in [0.15, 0.2) is 12.4 Å². The number of halogens is 1. The Bertz CT molecular complexity index is 787. The van der Waals surface area contributed by atoms with Crippen LogP contribution in [0.2, 0.25) is 0 Å². The third-order valence-electron chi connectivity index (χ3n) is 6.35. The molecule has 4 saturated carbocycles. The van der Waals surface area contributed by atoms with Gasteiger partial charge in [-0.3, -0.25) is 14.9 Å². The molecule has 4 aliphatic rings. The van der Waals surface area contributed by atoms with E-state index in [0.717, 1.165) is 31.4 Å². The fraction of sp³-hybridized carbons (Fsp3) is 0.571. The Kier molecular flexibility index (Phi) is 4.85. The molecule has 0 aliphatic heterocycles. The molecule has 28 heavy (non-hydrogen) atoms. The molecule has 0 unspecified atom stereocenters. The number of hydrogen-bond donors (Lipinski definition) is 2. The third kappa shape index (κ3) is 3.88. The Morgan fingerprint density at radius 1 is 1.11 bits per heavy atom. The lowest BCUT2D eigenvalue weighted by atomic mass is 9.53. The highest BCUT2D eigenvalue weighted by atomic mass is 19.1. The van der Waals surface area contributed by atoms with Gasteiger partial charge in [-0.1, -0.05) is 0 Å². The maximum absolute atomic E-state index is 13.3. The summed E-state index contributed by atoms with van der Waals surface area (Å²) in [5, 5.41) is 5.37. The predicted octanol–water partition coefficient (Wildman–Crippen LogP) is 3.20. The van der Waals surface area contributed by atoms with Crippen LogP contribution in [0, 0.1) is 23.6 Å². The van der Waals surface area contributed by atoms with Crippen molar-refractivity contribution in [3.63, 3.8) is 0 Å². The van der Waals surface area contributed by atoms with E-state index in [9.17, 15) is 18.8 Å². The predicted molar refractivity (Wildman–Crippen MR) is 99.5 cm³/mol. The monoisotopic (exact) mass is 388 g/mol. The van der Waals surface area contributed by atoms with E-state index in [1.807, 2.05) is 0 Å². The van der Waals surface area contributed by atoms with E-state index in [2.05, 4.69) is 10.6 Å². The minimum Gasteiger partial charge on any atom is -0.483 e. The Morgan fingerprint density at radius 2 is 1.71 bits per heavy atom. The van der Waals surface area contributed by atoms with Crippen LogP contribution in [0.3, 0.4) is 0 Å². The molecule has 0 saturated heterocycles. The topological polar surface area (TPSA) is 84.5 Å². The Balaban J connectivity index is 1.31. The van der Waals surface area contributed by atoms with Crippen molar-refractivity contribution < 1.29 is 23.5 Å². The lowest BCUT2D eigenvalue weighted by Gasteiger charge is -2.56. The van der Waals surface area contributed by atoms with Crippen molar-refractivity contribution in [2.75, 3.05) is 6.61 Å². The fourth-order valence-corrected chi connectivity index (χ4v) is 5.75. The van der Waals surface area contributed by atoms with E-state index < -0.39 is 24.4 Å². The minimum absolute atomic E-state index is 0.0609. The van der Waals surface area contributed by atoms with Crippen molar-refractivity contribution in [2.24, 2.45) is 17.8 Å². The molecule has 0 aromatic heterocycles. The summed E-state index contributed by atoms with van der Waals surface area (Å²) in [7, 11) is 0. The van der Waals surface area contributed by atoms with E-state index in [-0.39, 0.29) is 22.6 Å². The number of ketones is 1. The van der Waals surface area contributed by atoms with Gasteiger partial charge in [0, 0.05) is 5.54 Å². The number of ether oxygens (including phenoxy) is 1. The normalized spacial score (nSPS) is 30.0. The van der Waals surface area contributed by atoms with Crippen molar-refractivity contribution in [1.82, 2.24) is 10.6 Å². The van der Waals surface area contributed by atoms with Gasteiger partial charge in [0.25, 0.3) is 5.91 Å². The maximum Gasteiger partial charge on any atom is 0.321 e. The largest absolute Gasteiger partial charge is 0.483 e. The number of carbonyl (C=O) groups is 3. The molecular weight excluding hydrogens is 363 g/mol. The van der Waals surface area contributed by atoms with Gasteiger partial charge >= 0.3 is 6.03 Å². The summed E-state index contributed by atoms with van der Waals surface area (Å²) in [5.41, 5.74) is -0.121. The van der Waals surface area contributed by atoms with E-state index in [0.29, 0.717) is 17.8 Å². The minimum atomic E-state index is -0.610.